The number of hydrogen-bond donors (Lipinski definition) is 4. The molecular weight excluding hydrogens is 278 g/mol. The van der Waals surface area contributed by atoms with Gasteiger partial charge in [-0.25, -0.2) is 9.59 Å². The Morgan fingerprint density at radius 2 is 2.10 bits per heavy atom. The van der Waals surface area contributed by atoms with Crippen LogP contribution in [-0.2, 0) is 9.59 Å². The van der Waals surface area contributed by atoms with Gasteiger partial charge in [-0.05, 0) is 32.1 Å². The van der Waals surface area contributed by atoms with Crippen molar-refractivity contribution in [2.75, 3.05) is 13.2 Å². The number of carboxylic acids is 1. The van der Waals surface area contributed by atoms with Gasteiger partial charge in [-0.2, -0.15) is 0 Å². The first kappa shape index (κ1) is 17.2. The fourth-order valence-electron chi connectivity index (χ4n) is 2.51. The fraction of sp³-hybridized carbons (Fsp3) is 0.769. The Kier molecular flexibility index (Phi) is 6.93. The van der Waals surface area contributed by atoms with Gasteiger partial charge >= 0.3 is 12.0 Å². The van der Waals surface area contributed by atoms with Gasteiger partial charge in [0.25, 0.3) is 0 Å². The third-order valence-corrected chi connectivity index (χ3v) is 3.61. The molecule has 1 rings (SSSR count). The molecule has 1 aliphatic heterocycles. The Morgan fingerprint density at radius 1 is 1.38 bits per heavy atom. The molecule has 8 nitrogen and oxygen atoms in total. The van der Waals surface area contributed by atoms with E-state index in [1.165, 1.54) is 0 Å². The van der Waals surface area contributed by atoms with Crippen LogP contribution in [0.1, 0.15) is 38.5 Å². The number of carbonyl (C=O) groups excluding carboxylic acids is 2. The van der Waals surface area contributed by atoms with E-state index in [2.05, 4.69) is 5.32 Å². The minimum atomic E-state index is -1.18. The van der Waals surface area contributed by atoms with Gasteiger partial charge < -0.3 is 26.2 Å². The second-order valence-electron chi connectivity index (χ2n) is 5.20. The molecule has 0 spiro atoms. The number of hydrogen-bond acceptors (Lipinski definition) is 4. The van der Waals surface area contributed by atoms with E-state index in [1.807, 2.05) is 0 Å². The number of amides is 3. The molecule has 0 aromatic carbocycles. The molecule has 2 unspecified atom stereocenters. The number of aliphatic hydroxyl groups excluding tert-OH is 1. The topological polar surface area (TPSA) is 133 Å². The van der Waals surface area contributed by atoms with Gasteiger partial charge in [-0.3, -0.25) is 4.79 Å². The molecule has 1 aliphatic rings. The lowest BCUT2D eigenvalue weighted by molar-refractivity contribution is -0.139. The second kappa shape index (κ2) is 8.46. The second-order valence-corrected chi connectivity index (χ2v) is 5.20. The van der Waals surface area contributed by atoms with E-state index in [0.717, 1.165) is 12.8 Å². The van der Waals surface area contributed by atoms with Crippen LogP contribution in [0, 0.1) is 0 Å². The Balaban J connectivity index is 2.55. The van der Waals surface area contributed by atoms with Gasteiger partial charge in [0.1, 0.15) is 6.04 Å². The molecule has 0 saturated carbocycles. The maximum absolute atomic E-state index is 12.2. The van der Waals surface area contributed by atoms with Crippen molar-refractivity contribution in [1.82, 2.24) is 10.2 Å². The van der Waals surface area contributed by atoms with Crippen LogP contribution in [0.2, 0.25) is 0 Å². The summed E-state index contributed by atoms with van der Waals surface area (Å²) in [5, 5.41) is 20.4. The maximum atomic E-state index is 12.2. The van der Waals surface area contributed by atoms with E-state index in [9.17, 15) is 14.4 Å². The molecule has 1 fully saturated rings. The van der Waals surface area contributed by atoms with Gasteiger partial charge in [0, 0.05) is 25.6 Å². The molecule has 0 bridgehead atoms. The highest BCUT2D eigenvalue weighted by Gasteiger charge is 2.30. The Hall–Kier alpha value is -1.83. The summed E-state index contributed by atoms with van der Waals surface area (Å²) in [7, 11) is 0. The summed E-state index contributed by atoms with van der Waals surface area (Å²) < 4.78 is 0. The van der Waals surface area contributed by atoms with E-state index < -0.39 is 23.9 Å². The normalized spacial score (nSPS) is 19.3. The van der Waals surface area contributed by atoms with Crippen molar-refractivity contribution in [3.05, 3.63) is 0 Å². The monoisotopic (exact) mass is 301 g/mol. The van der Waals surface area contributed by atoms with Crippen molar-refractivity contribution in [3.63, 3.8) is 0 Å². The summed E-state index contributed by atoms with van der Waals surface area (Å²) in [6, 6.07) is -1.53. The summed E-state index contributed by atoms with van der Waals surface area (Å²) in [5.41, 5.74) is 4.99. The molecule has 2 atom stereocenters. The number of nitrogens with one attached hydrogen (secondary N) is 1. The highest BCUT2D eigenvalue weighted by atomic mass is 16.4. The lowest BCUT2D eigenvalue weighted by atomic mass is 10.1. The van der Waals surface area contributed by atoms with Crippen LogP contribution in [0.4, 0.5) is 4.79 Å². The van der Waals surface area contributed by atoms with E-state index in [0.29, 0.717) is 19.4 Å². The molecule has 1 heterocycles. The Morgan fingerprint density at radius 3 is 2.67 bits per heavy atom. The van der Waals surface area contributed by atoms with Gasteiger partial charge in [0.05, 0.1) is 0 Å². The number of nitrogens with two attached hydrogens (primary N) is 1. The van der Waals surface area contributed by atoms with Gasteiger partial charge in [0.15, 0.2) is 0 Å². The van der Waals surface area contributed by atoms with Gasteiger partial charge in [-0.1, -0.05) is 0 Å². The Labute approximate surface area is 123 Å². The predicted molar refractivity (Wildman–Crippen MR) is 74.4 cm³/mol. The zero-order valence-electron chi connectivity index (χ0n) is 12.0. The van der Waals surface area contributed by atoms with Crippen LogP contribution in [0.15, 0.2) is 0 Å². The summed E-state index contributed by atoms with van der Waals surface area (Å²) >= 11 is 0. The standard InChI is InChI=1S/C13H23N3O5/c14-11(18)6-5-10(12(19)20)15-13(21)16-7-1-3-9(16)4-2-8-17/h9-10,17H,1-8H2,(H2,14,18)(H,15,21)(H,19,20). The summed E-state index contributed by atoms with van der Waals surface area (Å²) in [6.45, 7) is 0.645. The number of aliphatic carboxylic acids is 1. The molecule has 0 aromatic rings. The fourth-order valence-corrected chi connectivity index (χ4v) is 2.51. The third-order valence-electron chi connectivity index (χ3n) is 3.61. The highest BCUT2D eigenvalue weighted by Crippen LogP contribution is 2.21. The molecule has 0 radical (unpaired) electrons. The summed E-state index contributed by atoms with van der Waals surface area (Å²) in [5.74, 6) is -1.78. The van der Waals surface area contributed by atoms with E-state index in [4.69, 9.17) is 15.9 Å². The first-order valence-corrected chi connectivity index (χ1v) is 7.14. The quantitative estimate of drug-likeness (QED) is 0.486. The molecule has 120 valence electrons. The van der Waals surface area contributed by atoms with Crippen molar-refractivity contribution in [3.8, 4) is 0 Å². The van der Waals surface area contributed by atoms with Crippen LogP contribution in [0.3, 0.4) is 0 Å². The van der Waals surface area contributed by atoms with Crippen molar-refractivity contribution in [2.45, 2.75) is 50.6 Å². The smallest absolute Gasteiger partial charge is 0.326 e. The molecule has 3 amide bonds. The van der Waals surface area contributed by atoms with Crippen LogP contribution in [0.25, 0.3) is 0 Å². The molecule has 1 saturated heterocycles. The number of likely N-dealkylation sites (tertiary alicyclic amines) is 1. The highest BCUT2D eigenvalue weighted by molar-refractivity contribution is 5.83. The summed E-state index contributed by atoms with van der Waals surface area (Å²) in [6.07, 6.45) is 2.91. The number of carboxylic acid groups (broad SMARTS) is 1. The van der Waals surface area contributed by atoms with E-state index >= 15 is 0 Å². The molecule has 8 heteroatoms. The van der Waals surface area contributed by atoms with Gasteiger partial charge in [0.2, 0.25) is 5.91 Å². The minimum absolute atomic E-state index is 0.0223. The summed E-state index contributed by atoms with van der Waals surface area (Å²) in [4.78, 5) is 35.6. The molecule has 0 aliphatic carbocycles. The number of aliphatic hydroxyl groups is 1. The molecular formula is C13H23N3O5. The number of carbonyl (C=O) groups is 3. The number of primary amides is 1. The molecule has 5 N–H and O–H groups in total. The van der Waals surface area contributed by atoms with Crippen LogP contribution in [-0.4, -0.2) is 58.3 Å². The SMILES string of the molecule is NC(=O)CCC(NC(=O)N1CCCC1CCCO)C(=O)O. The molecule has 21 heavy (non-hydrogen) atoms. The first-order chi connectivity index (χ1) is 9.95. The first-order valence-electron chi connectivity index (χ1n) is 7.14. The number of urea groups is 1. The van der Waals surface area contributed by atoms with Crippen molar-refractivity contribution >= 4 is 17.9 Å². The third kappa shape index (κ3) is 5.58. The van der Waals surface area contributed by atoms with Crippen LogP contribution in [0.5, 0.6) is 0 Å². The zero-order chi connectivity index (χ0) is 15.8. The Bertz CT molecular complexity index is 388. The predicted octanol–water partition coefficient (Wildman–Crippen LogP) is -0.348. The average molecular weight is 301 g/mol. The van der Waals surface area contributed by atoms with Crippen molar-refractivity contribution in [2.24, 2.45) is 5.73 Å². The van der Waals surface area contributed by atoms with Crippen LogP contribution < -0.4 is 11.1 Å². The lowest BCUT2D eigenvalue weighted by Gasteiger charge is -2.26. The average Bonchev–Trinajstić information content (AvgIpc) is 2.88. The minimum Gasteiger partial charge on any atom is -0.480 e. The van der Waals surface area contributed by atoms with E-state index in [1.54, 1.807) is 4.90 Å². The molecule has 0 aromatic heterocycles. The zero-order valence-corrected chi connectivity index (χ0v) is 12.0. The lowest BCUT2D eigenvalue weighted by Crippen LogP contribution is -2.49. The largest absolute Gasteiger partial charge is 0.480 e. The number of rotatable bonds is 8. The van der Waals surface area contributed by atoms with Gasteiger partial charge in [-0.15, -0.1) is 0 Å². The van der Waals surface area contributed by atoms with Crippen molar-refractivity contribution < 1.29 is 24.6 Å². The van der Waals surface area contributed by atoms with E-state index in [-0.39, 0.29) is 25.5 Å². The van der Waals surface area contributed by atoms with Crippen molar-refractivity contribution in [1.29, 1.82) is 0 Å². The number of nitrogens with zero attached hydrogens (tertiary/aromatic N) is 1. The maximum Gasteiger partial charge on any atom is 0.326 e. The van der Waals surface area contributed by atoms with Crippen LogP contribution >= 0.6 is 0 Å².